The van der Waals surface area contributed by atoms with Crippen molar-refractivity contribution in [1.29, 1.82) is 0 Å². The molecule has 0 aliphatic carbocycles. The highest BCUT2D eigenvalue weighted by Gasteiger charge is 2.36. The lowest BCUT2D eigenvalue weighted by molar-refractivity contribution is 0.226. The summed E-state index contributed by atoms with van der Waals surface area (Å²) in [7, 11) is 3.87. The van der Waals surface area contributed by atoms with Crippen molar-refractivity contribution < 1.29 is 9.47 Å². The normalized spacial score (nSPS) is 20.1. The molecule has 0 spiro atoms. The number of aliphatic imine (C=N–C) groups is 1. The van der Waals surface area contributed by atoms with Crippen LogP contribution >= 0.6 is 0 Å². The fourth-order valence-corrected chi connectivity index (χ4v) is 4.81. The van der Waals surface area contributed by atoms with Gasteiger partial charge in [-0.1, -0.05) is 24.3 Å². The number of hydrogen-bond donors (Lipinski definition) is 0. The average molecular weight is 447 g/mol. The molecule has 2 aliphatic heterocycles. The summed E-state index contributed by atoms with van der Waals surface area (Å²) in [6.45, 7) is 7.33. The van der Waals surface area contributed by atoms with Crippen molar-refractivity contribution in [3.05, 3.63) is 53.1 Å². The predicted octanol–water partition coefficient (Wildman–Crippen LogP) is 3.41. The minimum absolute atomic E-state index is 0.261. The molecule has 0 saturated carbocycles. The Morgan fingerprint density at radius 3 is 2.55 bits per heavy atom. The highest BCUT2D eigenvalue weighted by atomic mass is 16.5. The first-order chi connectivity index (χ1) is 16.1. The quantitative estimate of drug-likeness (QED) is 0.578. The molecule has 2 aliphatic rings. The molecule has 1 aromatic heterocycles. The monoisotopic (exact) mass is 446 g/mol. The number of benzene rings is 2. The van der Waals surface area contributed by atoms with Gasteiger partial charge in [-0.3, -0.25) is 4.99 Å². The van der Waals surface area contributed by atoms with E-state index < -0.39 is 0 Å². The molecule has 5 rings (SSSR count). The number of piperidine rings is 1. The number of likely N-dealkylation sites (tertiary alicyclic amines) is 1. The van der Waals surface area contributed by atoms with Crippen LogP contribution in [0, 0.1) is 0 Å². The molecular formula is C25H30N6O2. The zero-order chi connectivity index (χ0) is 22.9. The molecule has 2 aromatic carbocycles. The first kappa shape index (κ1) is 21.6. The Hall–Kier alpha value is -3.26. The van der Waals surface area contributed by atoms with E-state index in [9.17, 15) is 0 Å². The zero-order valence-electron chi connectivity index (χ0n) is 19.7. The molecule has 0 amide bonds. The zero-order valence-corrected chi connectivity index (χ0v) is 19.7. The van der Waals surface area contributed by atoms with E-state index in [1.165, 1.54) is 5.56 Å². The minimum Gasteiger partial charge on any atom is -0.493 e. The van der Waals surface area contributed by atoms with Crippen LogP contribution < -0.4 is 9.47 Å². The molecule has 0 radical (unpaired) electrons. The summed E-state index contributed by atoms with van der Waals surface area (Å²) < 4.78 is 11.6. The Kier molecular flexibility index (Phi) is 5.85. The summed E-state index contributed by atoms with van der Waals surface area (Å²) in [5, 5.41) is 12.6. The number of nitrogens with zero attached hydrogens (tertiary/aromatic N) is 6. The highest BCUT2D eigenvalue weighted by molar-refractivity contribution is 6.15. The molecule has 0 N–H and O–H groups in total. The van der Waals surface area contributed by atoms with Crippen LogP contribution in [0.25, 0.3) is 11.4 Å². The van der Waals surface area contributed by atoms with Crippen molar-refractivity contribution in [3.63, 3.8) is 0 Å². The first-order valence-electron chi connectivity index (χ1n) is 11.6. The van der Waals surface area contributed by atoms with E-state index >= 15 is 0 Å². The minimum atomic E-state index is 0.261. The summed E-state index contributed by atoms with van der Waals surface area (Å²) in [4.78, 5) is 9.25. The van der Waals surface area contributed by atoms with Gasteiger partial charge in [0.25, 0.3) is 0 Å². The summed E-state index contributed by atoms with van der Waals surface area (Å²) >= 11 is 0. The molecule has 1 fully saturated rings. The third-order valence-electron chi connectivity index (χ3n) is 6.52. The van der Waals surface area contributed by atoms with E-state index in [1.54, 1.807) is 11.9 Å². The van der Waals surface area contributed by atoms with E-state index in [1.807, 2.05) is 26.0 Å². The number of methoxy groups -OCH3 is 1. The number of fused-ring (bicyclic) bond motifs is 3. The van der Waals surface area contributed by atoms with Gasteiger partial charge in [-0.25, -0.2) is 0 Å². The molecule has 3 heterocycles. The van der Waals surface area contributed by atoms with E-state index in [-0.39, 0.29) is 6.04 Å². The van der Waals surface area contributed by atoms with Crippen molar-refractivity contribution in [2.75, 3.05) is 33.9 Å². The molecule has 33 heavy (non-hydrogen) atoms. The van der Waals surface area contributed by atoms with Crippen LogP contribution in [0.15, 0.2) is 41.4 Å². The number of ether oxygens (including phenoxy) is 2. The van der Waals surface area contributed by atoms with Crippen LogP contribution in [0.3, 0.4) is 0 Å². The topological polar surface area (TPSA) is 77.7 Å². The van der Waals surface area contributed by atoms with Crippen molar-refractivity contribution in [2.24, 2.45) is 4.99 Å². The third kappa shape index (κ3) is 3.99. The molecule has 2 atom stereocenters. The molecule has 8 heteroatoms. The van der Waals surface area contributed by atoms with E-state index in [4.69, 9.17) is 14.5 Å². The van der Waals surface area contributed by atoms with Gasteiger partial charge in [0.05, 0.1) is 32.0 Å². The van der Waals surface area contributed by atoms with Crippen molar-refractivity contribution in [2.45, 2.75) is 38.8 Å². The maximum Gasteiger partial charge on any atom is 0.204 e. The second-order valence-electron chi connectivity index (χ2n) is 8.60. The van der Waals surface area contributed by atoms with Crippen LogP contribution in [0.4, 0.5) is 0 Å². The van der Waals surface area contributed by atoms with E-state index in [0.29, 0.717) is 24.9 Å². The second-order valence-corrected chi connectivity index (χ2v) is 8.60. The molecule has 3 aromatic rings. The predicted molar refractivity (Wildman–Crippen MR) is 127 cm³/mol. The lowest BCUT2D eigenvalue weighted by Gasteiger charge is -2.39. The Bertz CT molecular complexity index is 1170. The summed E-state index contributed by atoms with van der Waals surface area (Å²) in [6.07, 6.45) is 1.04. The smallest absolute Gasteiger partial charge is 0.204 e. The maximum atomic E-state index is 5.92. The lowest BCUT2D eigenvalue weighted by Crippen LogP contribution is -2.41. The molecule has 172 valence electrons. The number of aryl methyl sites for hydroxylation is 1. The van der Waals surface area contributed by atoms with Crippen molar-refractivity contribution >= 4 is 5.71 Å². The summed E-state index contributed by atoms with van der Waals surface area (Å²) in [6, 6.07) is 12.8. The number of tetrazole rings is 1. The Balaban J connectivity index is 1.57. The standard InChI is InChI=1S/C25H30N6O2/c1-5-31-28-25(27-29-31)17-9-7-16(8-10-17)24-19-14-22(32-4)23(33-6-2)13-18(19)20-15-30(3)12-11-21(20)26-24/h7-10,13-14,20-21H,5-6,11-12,15H2,1-4H3/t20-,21-/m1/s1. The molecule has 0 unspecified atom stereocenters. The van der Waals surface area contributed by atoms with Gasteiger partial charge >= 0.3 is 0 Å². The van der Waals surface area contributed by atoms with Crippen molar-refractivity contribution in [1.82, 2.24) is 25.1 Å². The second kappa shape index (κ2) is 8.94. The Morgan fingerprint density at radius 1 is 1.06 bits per heavy atom. The van der Waals surface area contributed by atoms with Crippen molar-refractivity contribution in [3.8, 4) is 22.9 Å². The largest absolute Gasteiger partial charge is 0.493 e. The van der Waals surface area contributed by atoms with Gasteiger partial charge in [0.2, 0.25) is 5.82 Å². The molecule has 1 saturated heterocycles. The van der Waals surface area contributed by atoms with Gasteiger partial charge in [0.15, 0.2) is 11.5 Å². The van der Waals surface area contributed by atoms with E-state index in [2.05, 4.69) is 51.6 Å². The van der Waals surface area contributed by atoms with E-state index in [0.717, 1.165) is 53.4 Å². The number of aromatic nitrogens is 4. The fraction of sp³-hybridized carbons (Fsp3) is 0.440. The Labute approximate surface area is 194 Å². The first-order valence-corrected chi connectivity index (χ1v) is 11.6. The van der Waals surface area contributed by atoms with Crippen LogP contribution in [-0.4, -0.2) is 70.7 Å². The summed E-state index contributed by atoms with van der Waals surface area (Å²) in [5.74, 6) is 2.52. The average Bonchev–Trinajstić information content (AvgIpc) is 3.33. The van der Waals surface area contributed by atoms with Crippen LogP contribution in [-0.2, 0) is 6.54 Å². The number of rotatable bonds is 6. The van der Waals surface area contributed by atoms with Crippen LogP contribution in [0.1, 0.15) is 42.9 Å². The van der Waals surface area contributed by atoms with Crippen LogP contribution in [0.5, 0.6) is 11.5 Å². The van der Waals surface area contributed by atoms with Gasteiger partial charge in [-0.15, -0.1) is 10.2 Å². The highest BCUT2D eigenvalue weighted by Crippen LogP contribution is 2.42. The molecule has 8 nitrogen and oxygen atoms in total. The van der Waals surface area contributed by atoms with Crippen LogP contribution in [0.2, 0.25) is 0 Å². The van der Waals surface area contributed by atoms with Gasteiger partial charge < -0.3 is 14.4 Å². The number of likely N-dealkylation sites (N-methyl/N-ethyl adjacent to an activating group) is 1. The molecule has 0 bridgehead atoms. The number of hydrogen-bond acceptors (Lipinski definition) is 7. The third-order valence-corrected chi connectivity index (χ3v) is 6.52. The SMILES string of the molecule is CCOc1cc2c(cc1OC)C(c1ccc(-c3nnn(CC)n3)cc1)=N[C@@H]1CCN(C)C[C@H]21. The van der Waals surface area contributed by atoms with Gasteiger partial charge in [0, 0.05) is 29.2 Å². The van der Waals surface area contributed by atoms with Gasteiger partial charge in [-0.2, -0.15) is 4.80 Å². The van der Waals surface area contributed by atoms with Gasteiger partial charge in [0.1, 0.15) is 0 Å². The van der Waals surface area contributed by atoms with Gasteiger partial charge in [-0.05, 0) is 56.8 Å². The molecular weight excluding hydrogens is 416 g/mol. The fourth-order valence-electron chi connectivity index (χ4n) is 4.81. The Morgan fingerprint density at radius 2 is 1.85 bits per heavy atom. The summed E-state index contributed by atoms with van der Waals surface area (Å²) in [5.41, 5.74) is 5.43. The lowest BCUT2D eigenvalue weighted by atomic mass is 9.79. The maximum absolute atomic E-state index is 5.92.